The number of amides is 2. The largest absolute Gasteiger partial charge is 0.465 e. The highest BCUT2D eigenvalue weighted by atomic mass is 16.5. The predicted molar refractivity (Wildman–Crippen MR) is 144 cm³/mol. The van der Waals surface area contributed by atoms with E-state index in [0.29, 0.717) is 41.1 Å². The number of ether oxygens (including phenoxy) is 1. The standard InChI is InChI=1S/C28H29N5O4/c1-32(2)16-13-24(34)33(3)21-8-6-20(7-9-21)30-26(18-11-14-29-15-12-18)25-22-10-5-19(28(36)37-4)17-23(22)31-27(25)35/h5-12,14-15,17,30H,13,16H2,1-4H3,(H,31,35)/b26-25-. The van der Waals surface area contributed by atoms with Gasteiger partial charge in [0.15, 0.2) is 0 Å². The third kappa shape index (κ3) is 5.68. The fourth-order valence-corrected chi connectivity index (χ4v) is 4.01. The topological polar surface area (TPSA) is 104 Å². The van der Waals surface area contributed by atoms with Crippen molar-refractivity contribution in [3.8, 4) is 0 Å². The molecule has 1 aromatic heterocycles. The summed E-state index contributed by atoms with van der Waals surface area (Å²) < 4.78 is 4.80. The summed E-state index contributed by atoms with van der Waals surface area (Å²) in [5.74, 6) is -0.744. The third-order valence-electron chi connectivity index (χ3n) is 6.08. The lowest BCUT2D eigenvalue weighted by atomic mass is 9.99. The van der Waals surface area contributed by atoms with Crippen LogP contribution in [0.3, 0.4) is 0 Å². The van der Waals surface area contributed by atoms with Crippen LogP contribution in [0.2, 0.25) is 0 Å². The van der Waals surface area contributed by atoms with Crippen LogP contribution in [0.1, 0.15) is 27.9 Å². The number of methoxy groups -OCH3 is 1. The Bertz CT molecular complexity index is 1350. The van der Waals surface area contributed by atoms with Crippen LogP contribution >= 0.6 is 0 Å². The second kappa shape index (κ2) is 11.0. The van der Waals surface area contributed by atoms with Crippen molar-refractivity contribution in [3.05, 3.63) is 83.7 Å². The Kier molecular flexibility index (Phi) is 7.64. The average Bonchev–Trinajstić information content (AvgIpc) is 3.24. The Morgan fingerprint density at radius 3 is 2.32 bits per heavy atom. The van der Waals surface area contributed by atoms with Gasteiger partial charge < -0.3 is 25.2 Å². The zero-order valence-electron chi connectivity index (χ0n) is 21.2. The molecule has 0 unspecified atom stereocenters. The van der Waals surface area contributed by atoms with E-state index in [4.69, 9.17) is 4.74 Å². The van der Waals surface area contributed by atoms with Gasteiger partial charge in [-0.3, -0.25) is 14.6 Å². The van der Waals surface area contributed by atoms with Crippen LogP contribution in [0.4, 0.5) is 17.1 Å². The van der Waals surface area contributed by atoms with Crippen LogP contribution in [0, 0.1) is 0 Å². The number of esters is 1. The van der Waals surface area contributed by atoms with Crippen LogP contribution in [-0.4, -0.2) is 62.5 Å². The monoisotopic (exact) mass is 499 g/mol. The molecule has 2 N–H and O–H groups in total. The van der Waals surface area contributed by atoms with Gasteiger partial charge in [-0.25, -0.2) is 4.79 Å². The van der Waals surface area contributed by atoms with Crippen molar-refractivity contribution < 1.29 is 19.1 Å². The van der Waals surface area contributed by atoms with E-state index in [1.807, 2.05) is 55.4 Å². The van der Waals surface area contributed by atoms with Gasteiger partial charge in [-0.15, -0.1) is 0 Å². The van der Waals surface area contributed by atoms with Crippen LogP contribution in [-0.2, 0) is 14.3 Å². The molecule has 0 fully saturated rings. The molecule has 0 saturated heterocycles. The Hall–Kier alpha value is -4.50. The van der Waals surface area contributed by atoms with Gasteiger partial charge in [-0.2, -0.15) is 0 Å². The molecule has 0 atom stereocenters. The van der Waals surface area contributed by atoms with Crippen molar-refractivity contribution in [3.63, 3.8) is 0 Å². The van der Waals surface area contributed by atoms with Crippen molar-refractivity contribution in [1.82, 2.24) is 9.88 Å². The molecular weight excluding hydrogens is 470 g/mol. The zero-order valence-corrected chi connectivity index (χ0v) is 21.2. The maximum Gasteiger partial charge on any atom is 0.337 e. The first kappa shape index (κ1) is 25.6. The zero-order chi connectivity index (χ0) is 26.5. The molecule has 0 saturated carbocycles. The van der Waals surface area contributed by atoms with Gasteiger partial charge in [0, 0.05) is 54.9 Å². The second-order valence-corrected chi connectivity index (χ2v) is 8.87. The van der Waals surface area contributed by atoms with Crippen molar-refractivity contribution in [2.75, 3.05) is 50.3 Å². The Labute approximate surface area is 215 Å². The fraction of sp³-hybridized carbons (Fsp3) is 0.214. The molecular formula is C28H29N5O4. The van der Waals surface area contributed by atoms with E-state index in [9.17, 15) is 14.4 Å². The molecule has 2 aromatic carbocycles. The molecule has 3 aromatic rings. The maximum absolute atomic E-state index is 13.1. The lowest BCUT2D eigenvalue weighted by Gasteiger charge is -2.20. The fourth-order valence-electron chi connectivity index (χ4n) is 4.01. The first-order valence-corrected chi connectivity index (χ1v) is 11.8. The minimum absolute atomic E-state index is 0.0274. The minimum atomic E-state index is -0.479. The number of hydrogen-bond donors (Lipinski definition) is 2. The Balaban J connectivity index is 1.67. The van der Waals surface area contributed by atoms with Crippen molar-refractivity contribution >= 4 is 46.1 Å². The minimum Gasteiger partial charge on any atom is -0.465 e. The van der Waals surface area contributed by atoms with Gasteiger partial charge in [0.25, 0.3) is 5.91 Å². The van der Waals surface area contributed by atoms with E-state index in [0.717, 1.165) is 16.9 Å². The predicted octanol–water partition coefficient (Wildman–Crippen LogP) is 3.72. The van der Waals surface area contributed by atoms with Gasteiger partial charge in [-0.1, -0.05) is 6.07 Å². The summed E-state index contributed by atoms with van der Waals surface area (Å²) >= 11 is 0. The molecule has 0 bridgehead atoms. The first-order valence-electron chi connectivity index (χ1n) is 11.8. The maximum atomic E-state index is 13.1. The van der Waals surface area contributed by atoms with E-state index in [2.05, 4.69) is 15.6 Å². The number of nitrogens with zero attached hydrogens (tertiary/aromatic N) is 3. The average molecular weight is 500 g/mol. The molecule has 0 spiro atoms. The number of nitrogens with one attached hydrogen (secondary N) is 2. The Morgan fingerprint density at radius 2 is 1.68 bits per heavy atom. The van der Waals surface area contributed by atoms with E-state index in [-0.39, 0.29) is 11.8 Å². The number of carbonyl (C=O) groups excluding carboxylic acids is 3. The summed E-state index contributed by atoms with van der Waals surface area (Å²) in [5.41, 5.74) is 4.86. The molecule has 190 valence electrons. The lowest BCUT2D eigenvalue weighted by Crippen LogP contribution is -2.29. The highest BCUT2D eigenvalue weighted by Gasteiger charge is 2.29. The molecule has 2 heterocycles. The van der Waals surface area contributed by atoms with Crippen LogP contribution in [0.25, 0.3) is 11.3 Å². The van der Waals surface area contributed by atoms with Gasteiger partial charge in [0.1, 0.15) is 0 Å². The van der Waals surface area contributed by atoms with Crippen LogP contribution in [0.15, 0.2) is 67.0 Å². The number of carbonyl (C=O) groups is 3. The van der Waals surface area contributed by atoms with Crippen molar-refractivity contribution in [1.29, 1.82) is 0 Å². The van der Waals surface area contributed by atoms with E-state index in [1.54, 1.807) is 42.5 Å². The summed E-state index contributed by atoms with van der Waals surface area (Å²) in [5, 5.41) is 6.23. The number of benzene rings is 2. The number of rotatable bonds is 8. The Morgan fingerprint density at radius 1 is 0.973 bits per heavy atom. The highest BCUT2D eigenvalue weighted by molar-refractivity contribution is 6.37. The number of hydrogen-bond acceptors (Lipinski definition) is 7. The molecule has 9 heteroatoms. The van der Waals surface area contributed by atoms with Crippen LogP contribution < -0.4 is 15.5 Å². The molecule has 0 radical (unpaired) electrons. The van der Waals surface area contributed by atoms with Gasteiger partial charge >= 0.3 is 5.97 Å². The molecule has 37 heavy (non-hydrogen) atoms. The van der Waals surface area contributed by atoms with Gasteiger partial charge in [-0.05, 0) is 62.6 Å². The number of anilines is 3. The number of aromatic nitrogens is 1. The van der Waals surface area contributed by atoms with Gasteiger partial charge in [0.05, 0.1) is 29.6 Å². The summed E-state index contributed by atoms with van der Waals surface area (Å²) in [7, 11) is 6.94. The van der Waals surface area contributed by atoms with Crippen molar-refractivity contribution in [2.45, 2.75) is 6.42 Å². The SMILES string of the molecule is COC(=O)c1ccc2c(c1)NC(=O)/C2=C(\Nc1ccc(N(C)C(=O)CCN(C)C)cc1)c1ccncc1. The smallest absolute Gasteiger partial charge is 0.337 e. The van der Waals surface area contributed by atoms with Crippen LogP contribution in [0.5, 0.6) is 0 Å². The van der Waals surface area contributed by atoms with E-state index in [1.165, 1.54) is 7.11 Å². The molecule has 4 rings (SSSR count). The van der Waals surface area contributed by atoms with Gasteiger partial charge in [0.2, 0.25) is 5.91 Å². The third-order valence-corrected chi connectivity index (χ3v) is 6.08. The normalized spacial score (nSPS) is 13.6. The van der Waals surface area contributed by atoms with E-state index >= 15 is 0 Å². The quantitative estimate of drug-likeness (QED) is 0.360. The number of pyridine rings is 1. The molecule has 0 aliphatic carbocycles. The first-order chi connectivity index (χ1) is 17.8. The lowest BCUT2D eigenvalue weighted by molar-refractivity contribution is -0.118. The summed E-state index contributed by atoms with van der Waals surface area (Å²) in [4.78, 5) is 45.3. The second-order valence-electron chi connectivity index (χ2n) is 8.87. The molecule has 1 aliphatic heterocycles. The molecule has 1 aliphatic rings. The summed E-state index contributed by atoms with van der Waals surface area (Å²) in [6.45, 7) is 0.677. The van der Waals surface area contributed by atoms with E-state index < -0.39 is 5.97 Å². The molecule has 2 amide bonds. The summed E-state index contributed by atoms with van der Waals surface area (Å²) in [6.07, 6.45) is 3.74. The van der Waals surface area contributed by atoms with Crippen molar-refractivity contribution in [2.24, 2.45) is 0 Å². The molecule has 9 nitrogen and oxygen atoms in total. The highest BCUT2D eigenvalue weighted by Crippen LogP contribution is 2.38. The summed E-state index contributed by atoms with van der Waals surface area (Å²) in [6, 6.07) is 16.0. The number of fused-ring (bicyclic) bond motifs is 1.